The number of amidine groups is 1. The van der Waals surface area contributed by atoms with Gasteiger partial charge in [0.15, 0.2) is 5.17 Å². The van der Waals surface area contributed by atoms with Gasteiger partial charge in [-0.15, -0.1) is 0 Å². The van der Waals surface area contributed by atoms with Crippen LogP contribution in [0.25, 0.3) is 0 Å². The van der Waals surface area contributed by atoms with Gasteiger partial charge in [-0.2, -0.15) is 0 Å². The van der Waals surface area contributed by atoms with Gasteiger partial charge in [-0.05, 0) is 31.1 Å². The Kier molecular flexibility index (Phi) is 4.73. The van der Waals surface area contributed by atoms with Crippen LogP contribution in [-0.4, -0.2) is 23.5 Å². The molecule has 3 rings (SSSR count). The predicted octanol–water partition coefficient (Wildman–Crippen LogP) is 4.35. The average Bonchev–Trinajstić information content (AvgIpc) is 2.71. The van der Waals surface area contributed by atoms with Gasteiger partial charge < -0.3 is 5.32 Å². The fourth-order valence-corrected chi connectivity index (χ4v) is 5.07. The fraction of sp³-hybridized carbons (Fsp3) is 0.938. The summed E-state index contributed by atoms with van der Waals surface area (Å²) in [5.74, 6) is 1.31. The smallest absolute Gasteiger partial charge is 0.156 e. The van der Waals surface area contributed by atoms with Crippen LogP contribution in [0.15, 0.2) is 4.99 Å². The standard InChI is InChI=1S/C16H28N2S/c1-2-5-9-14(8-4-1)18-15-17-12-16(13-19-15)10-6-3-7-11-16/h14H,1-13H2,(H,17,18). The topological polar surface area (TPSA) is 24.4 Å². The third-order valence-electron chi connectivity index (χ3n) is 5.17. The van der Waals surface area contributed by atoms with E-state index in [0.717, 1.165) is 6.54 Å². The summed E-state index contributed by atoms with van der Waals surface area (Å²) in [6.07, 6.45) is 15.5. The van der Waals surface area contributed by atoms with Crippen molar-refractivity contribution >= 4 is 16.9 Å². The highest BCUT2D eigenvalue weighted by Crippen LogP contribution is 2.41. The van der Waals surface area contributed by atoms with E-state index in [1.165, 1.54) is 81.5 Å². The van der Waals surface area contributed by atoms with Crippen LogP contribution in [0.4, 0.5) is 0 Å². The first kappa shape index (κ1) is 13.8. The third-order valence-corrected chi connectivity index (χ3v) is 6.45. The van der Waals surface area contributed by atoms with Crippen LogP contribution in [0.5, 0.6) is 0 Å². The number of nitrogens with zero attached hydrogens (tertiary/aromatic N) is 1. The Morgan fingerprint density at radius 2 is 1.63 bits per heavy atom. The molecule has 1 spiro atoms. The summed E-state index contributed by atoms with van der Waals surface area (Å²) in [5.41, 5.74) is 0.567. The molecule has 1 aliphatic heterocycles. The van der Waals surface area contributed by atoms with Crippen LogP contribution in [-0.2, 0) is 0 Å². The number of aliphatic imine (C=N–C) groups is 1. The lowest BCUT2D eigenvalue weighted by Crippen LogP contribution is -2.40. The molecule has 0 saturated heterocycles. The number of hydrogen-bond acceptors (Lipinski definition) is 3. The minimum atomic E-state index is 0.567. The van der Waals surface area contributed by atoms with Gasteiger partial charge in [0, 0.05) is 18.3 Å². The highest BCUT2D eigenvalue weighted by molar-refractivity contribution is 8.13. The van der Waals surface area contributed by atoms with Crippen LogP contribution in [0.2, 0.25) is 0 Å². The lowest BCUT2D eigenvalue weighted by molar-refractivity contribution is 0.232. The second kappa shape index (κ2) is 6.51. The van der Waals surface area contributed by atoms with E-state index in [-0.39, 0.29) is 0 Å². The maximum absolute atomic E-state index is 4.90. The minimum Gasteiger partial charge on any atom is -0.362 e. The SMILES string of the molecule is C1CCCC(NC2=NCC3(CCCCC3)CS2)CC1. The van der Waals surface area contributed by atoms with Gasteiger partial charge in [0.25, 0.3) is 0 Å². The van der Waals surface area contributed by atoms with E-state index in [4.69, 9.17) is 4.99 Å². The lowest BCUT2D eigenvalue weighted by atomic mass is 9.75. The fourth-order valence-electron chi connectivity index (χ4n) is 3.84. The molecule has 3 aliphatic rings. The zero-order chi connectivity index (χ0) is 13.0. The minimum absolute atomic E-state index is 0.567. The number of nitrogens with one attached hydrogen (secondary N) is 1. The molecule has 0 aromatic carbocycles. The maximum Gasteiger partial charge on any atom is 0.156 e. The summed E-state index contributed by atoms with van der Waals surface area (Å²) in [6.45, 7) is 1.09. The maximum atomic E-state index is 4.90. The van der Waals surface area contributed by atoms with Gasteiger partial charge in [-0.3, -0.25) is 4.99 Å². The van der Waals surface area contributed by atoms with Crippen molar-refractivity contribution in [1.82, 2.24) is 5.32 Å². The molecule has 108 valence electrons. The van der Waals surface area contributed by atoms with E-state index in [2.05, 4.69) is 5.32 Å². The quantitative estimate of drug-likeness (QED) is 0.722. The number of hydrogen-bond donors (Lipinski definition) is 1. The summed E-state index contributed by atoms with van der Waals surface area (Å²) >= 11 is 2.01. The molecule has 3 heteroatoms. The van der Waals surface area contributed by atoms with Gasteiger partial charge in [-0.25, -0.2) is 0 Å². The van der Waals surface area contributed by atoms with Gasteiger partial charge in [0.2, 0.25) is 0 Å². The van der Waals surface area contributed by atoms with E-state index < -0.39 is 0 Å². The predicted molar refractivity (Wildman–Crippen MR) is 84.9 cm³/mol. The molecule has 2 saturated carbocycles. The molecule has 2 nitrogen and oxygen atoms in total. The van der Waals surface area contributed by atoms with Crippen molar-refractivity contribution in [3.05, 3.63) is 0 Å². The lowest BCUT2D eigenvalue weighted by Gasteiger charge is -2.38. The van der Waals surface area contributed by atoms with Crippen molar-refractivity contribution in [2.75, 3.05) is 12.3 Å². The van der Waals surface area contributed by atoms with E-state index in [1.807, 2.05) is 11.8 Å². The molecule has 2 aliphatic carbocycles. The zero-order valence-electron chi connectivity index (χ0n) is 12.1. The zero-order valence-corrected chi connectivity index (χ0v) is 12.9. The monoisotopic (exact) mass is 280 g/mol. The molecule has 0 aromatic rings. The molecule has 19 heavy (non-hydrogen) atoms. The molecular weight excluding hydrogens is 252 g/mol. The van der Waals surface area contributed by atoms with Crippen LogP contribution >= 0.6 is 11.8 Å². The molecule has 0 radical (unpaired) electrons. The van der Waals surface area contributed by atoms with Gasteiger partial charge in [0.05, 0.1) is 0 Å². The second-order valence-corrected chi connectivity index (χ2v) is 7.77. The largest absolute Gasteiger partial charge is 0.362 e. The third kappa shape index (κ3) is 3.68. The van der Waals surface area contributed by atoms with Crippen molar-refractivity contribution in [3.8, 4) is 0 Å². The first-order chi connectivity index (χ1) is 9.36. The van der Waals surface area contributed by atoms with Crippen molar-refractivity contribution in [3.63, 3.8) is 0 Å². The Morgan fingerprint density at radius 1 is 0.947 bits per heavy atom. The van der Waals surface area contributed by atoms with Crippen LogP contribution in [0.3, 0.4) is 0 Å². The molecule has 1 N–H and O–H groups in total. The molecule has 0 aromatic heterocycles. The van der Waals surface area contributed by atoms with E-state index in [1.54, 1.807) is 0 Å². The highest BCUT2D eigenvalue weighted by atomic mass is 32.2. The summed E-state index contributed by atoms with van der Waals surface area (Å²) < 4.78 is 0. The summed E-state index contributed by atoms with van der Waals surface area (Å²) in [5, 5.41) is 4.99. The molecule has 0 bridgehead atoms. The number of rotatable bonds is 1. The molecular formula is C16H28N2S. The van der Waals surface area contributed by atoms with Gasteiger partial charge >= 0.3 is 0 Å². The van der Waals surface area contributed by atoms with Crippen molar-refractivity contribution in [2.45, 2.75) is 76.7 Å². The summed E-state index contributed by atoms with van der Waals surface area (Å²) in [6, 6.07) is 0.703. The molecule has 0 atom stereocenters. The summed E-state index contributed by atoms with van der Waals surface area (Å²) in [7, 11) is 0. The Bertz CT molecular complexity index is 313. The van der Waals surface area contributed by atoms with E-state index in [0.29, 0.717) is 11.5 Å². The molecule has 1 heterocycles. The second-order valence-electron chi connectivity index (χ2n) is 6.80. The molecule has 0 amide bonds. The van der Waals surface area contributed by atoms with Gasteiger partial charge in [0.1, 0.15) is 0 Å². The normalized spacial score (nSPS) is 28.7. The van der Waals surface area contributed by atoms with Crippen molar-refractivity contribution in [1.29, 1.82) is 0 Å². The average molecular weight is 280 g/mol. The van der Waals surface area contributed by atoms with Crippen molar-refractivity contribution in [2.24, 2.45) is 10.4 Å². The Balaban J connectivity index is 1.52. The van der Waals surface area contributed by atoms with E-state index in [9.17, 15) is 0 Å². The van der Waals surface area contributed by atoms with Gasteiger partial charge in [-0.1, -0.05) is 56.7 Å². The van der Waals surface area contributed by atoms with Crippen LogP contribution < -0.4 is 5.32 Å². The van der Waals surface area contributed by atoms with Crippen LogP contribution in [0.1, 0.15) is 70.6 Å². The van der Waals surface area contributed by atoms with Crippen molar-refractivity contribution < 1.29 is 0 Å². The Morgan fingerprint density at radius 3 is 2.26 bits per heavy atom. The Hall–Kier alpha value is -0.180. The Labute approximate surface area is 122 Å². The highest BCUT2D eigenvalue weighted by Gasteiger charge is 2.35. The summed E-state index contributed by atoms with van der Waals surface area (Å²) in [4.78, 5) is 4.90. The van der Waals surface area contributed by atoms with Crippen LogP contribution in [0, 0.1) is 5.41 Å². The first-order valence-electron chi connectivity index (χ1n) is 8.30. The van der Waals surface area contributed by atoms with E-state index >= 15 is 0 Å². The first-order valence-corrected chi connectivity index (χ1v) is 9.29. The molecule has 0 unspecified atom stereocenters. The number of thioether (sulfide) groups is 1. The molecule has 2 fully saturated rings.